The molecular formula is C19H23N3O3S2. The number of nitrogens with zero attached hydrogens (tertiary/aromatic N) is 2. The summed E-state index contributed by atoms with van der Waals surface area (Å²) in [5, 5.41) is 2.79. The molecule has 8 heteroatoms. The number of nitrogens with one attached hydrogen (secondary N) is 1. The lowest BCUT2D eigenvalue weighted by atomic mass is 10.2. The number of thioether (sulfide) groups is 1. The second kappa shape index (κ2) is 8.88. The van der Waals surface area contributed by atoms with Crippen LogP contribution in [0.2, 0.25) is 0 Å². The van der Waals surface area contributed by atoms with E-state index in [4.69, 9.17) is 0 Å². The van der Waals surface area contributed by atoms with Gasteiger partial charge in [-0.05, 0) is 36.4 Å². The maximum atomic E-state index is 12.9. The molecule has 1 saturated heterocycles. The predicted octanol–water partition coefficient (Wildman–Crippen LogP) is 2.80. The first-order valence-corrected chi connectivity index (χ1v) is 11.3. The number of carbonyl (C=O) groups excluding carboxylic acids is 1. The summed E-state index contributed by atoms with van der Waals surface area (Å²) in [7, 11) is -3.66. The van der Waals surface area contributed by atoms with Crippen molar-refractivity contribution in [3.05, 3.63) is 60.2 Å². The van der Waals surface area contributed by atoms with Gasteiger partial charge in [0.2, 0.25) is 5.91 Å². The van der Waals surface area contributed by atoms with Crippen molar-refractivity contribution in [2.45, 2.75) is 17.9 Å². The van der Waals surface area contributed by atoms with Crippen LogP contribution in [0.25, 0.3) is 0 Å². The lowest BCUT2D eigenvalue weighted by Crippen LogP contribution is -2.51. The van der Waals surface area contributed by atoms with Gasteiger partial charge in [-0.3, -0.25) is 4.79 Å². The van der Waals surface area contributed by atoms with Crippen LogP contribution in [0, 0.1) is 0 Å². The average Bonchev–Trinajstić information content (AvgIpc) is 2.66. The third-order valence-electron chi connectivity index (χ3n) is 4.34. The predicted molar refractivity (Wildman–Crippen MR) is 109 cm³/mol. The number of benzene rings is 2. The quantitative estimate of drug-likeness (QED) is 0.751. The molecule has 1 heterocycles. The fourth-order valence-electron chi connectivity index (χ4n) is 2.99. The monoisotopic (exact) mass is 405 g/mol. The van der Waals surface area contributed by atoms with Gasteiger partial charge >= 0.3 is 0 Å². The largest absolute Gasteiger partial charge is 0.325 e. The summed E-state index contributed by atoms with van der Waals surface area (Å²) in [6.07, 6.45) is 2.66. The van der Waals surface area contributed by atoms with E-state index in [9.17, 15) is 13.2 Å². The highest BCUT2D eigenvalue weighted by molar-refractivity contribution is 7.98. The van der Waals surface area contributed by atoms with E-state index in [1.54, 1.807) is 17.8 Å². The summed E-state index contributed by atoms with van der Waals surface area (Å²) in [6.45, 7) is 0.950. The molecule has 1 N–H and O–H groups in total. The molecule has 0 aromatic heterocycles. The van der Waals surface area contributed by atoms with Crippen molar-refractivity contribution in [1.82, 2.24) is 8.61 Å². The van der Waals surface area contributed by atoms with Gasteiger partial charge in [-0.15, -0.1) is 11.8 Å². The highest BCUT2D eigenvalue weighted by Gasteiger charge is 2.34. The molecule has 0 unspecified atom stereocenters. The molecule has 0 spiro atoms. The standard InChI is InChI=1S/C19H23N3O3S2/c1-26-18-10-5-9-17(13-18)20-19(23)15-22-12-6-11-21(27(22,24)25)14-16-7-3-2-4-8-16/h2-5,7-10,13H,6,11-12,14-15H2,1H3,(H,20,23). The normalized spacial score (nSPS) is 17.5. The fourth-order valence-corrected chi connectivity index (χ4v) is 5.09. The van der Waals surface area contributed by atoms with Crippen molar-refractivity contribution >= 4 is 33.6 Å². The Labute approximate surface area is 164 Å². The number of carbonyl (C=O) groups is 1. The van der Waals surface area contributed by atoms with Crippen molar-refractivity contribution in [1.29, 1.82) is 0 Å². The molecule has 0 bridgehead atoms. The summed E-state index contributed by atoms with van der Waals surface area (Å²) < 4.78 is 28.4. The van der Waals surface area contributed by atoms with Gasteiger partial charge < -0.3 is 5.32 Å². The fraction of sp³-hybridized carbons (Fsp3) is 0.316. The Balaban J connectivity index is 1.65. The Bertz CT molecular complexity index is 888. The molecule has 3 rings (SSSR count). The summed E-state index contributed by atoms with van der Waals surface area (Å²) in [5.74, 6) is -0.335. The van der Waals surface area contributed by atoms with Crippen molar-refractivity contribution in [3.8, 4) is 0 Å². The molecule has 2 aromatic rings. The topological polar surface area (TPSA) is 69.7 Å². The highest BCUT2D eigenvalue weighted by Crippen LogP contribution is 2.21. The molecule has 144 valence electrons. The molecule has 1 fully saturated rings. The Morgan fingerprint density at radius 3 is 2.56 bits per heavy atom. The minimum absolute atomic E-state index is 0.183. The molecule has 0 atom stereocenters. The zero-order valence-electron chi connectivity index (χ0n) is 15.2. The average molecular weight is 406 g/mol. The van der Waals surface area contributed by atoms with Crippen LogP contribution in [0.15, 0.2) is 59.5 Å². The Kier molecular flexibility index (Phi) is 6.54. The summed E-state index contributed by atoms with van der Waals surface area (Å²) in [4.78, 5) is 13.4. The van der Waals surface area contributed by atoms with Crippen molar-refractivity contribution in [2.75, 3.05) is 31.2 Å². The summed E-state index contributed by atoms with van der Waals surface area (Å²) >= 11 is 1.58. The molecule has 0 aliphatic carbocycles. The molecule has 1 aliphatic rings. The molecule has 6 nitrogen and oxygen atoms in total. The first-order valence-electron chi connectivity index (χ1n) is 8.72. The van der Waals surface area contributed by atoms with E-state index in [2.05, 4.69) is 5.32 Å². The van der Waals surface area contributed by atoms with E-state index in [0.717, 1.165) is 10.5 Å². The van der Waals surface area contributed by atoms with Gasteiger partial charge in [0.15, 0.2) is 0 Å². The van der Waals surface area contributed by atoms with Crippen LogP contribution in [0.3, 0.4) is 0 Å². The van der Waals surface area contributed by atoms with Crippen LogP contribution in [-0.2, 0) is 21.5 Å². The van der Waals surface area contributed by atoms with Crippen LogP contribution >= 0.6 is 11.8 Å². The molecular weight excluding hydrogens is 382 g/mol. The van der Waals surface area contributed by atoms with E-state index in [-0.39, 0.29) is 12.5 Å². The van der Waals surface area contributed by atoms with E-state index in [1.807, 2.05) is 54.8 Å². The third-order valence-corrected chi connectivity index (χ3v) is 7.00. The molecule has 1 amide bonds. The smallest absolute Gasteiger partial charge is 0.282 e. The molecule has 0 radical (unpaired) electrons. The molecule has 0 saturated carbocycles. The van der Waals surface area contributed by atoms with E-state index >= 15 is 0 Å². The Morgan fingerprint density at radius 1 is 1.07 bits per heavy atom. The van der Waals surface area contributed by atoms with Crippen LogP contribution in [0.1, 0.15) is 12.0 Å². The summed E-state index contributed by atoms with van der Waals surface area (Å²) in [5.41, 5.74) is 1.60. The van der Waals surface area contributed by atoms with E-state index in [1.165, 1.54) is 8.61 Å². The number of rotatable bonds is 6. The number of anilines is 1. The Hall–Kier alpha value is -1.87. The van der Waals surface area contributed by atoms with Crippen LogP contribution in [0.5, 0.6) is 0 Å². The van der Waals surface area contributed by atoms with Gasteiger partial charge in [-0.2, -0.15) is 17.0 Å². The minimum Gasteiger partial charge on any atom is -0.325 e. The summed E-state index contributed by atoms with van der Waals surface area (Å²) in [6, 6.07) is 17.0. The van der Waals surface area contributed by atoms with Gasteiger partial charge in [-0.1, -0.05) is 36.4 Å². The first-order chi connectivity index (χ1) is 13.0. The zero-order chi connectivity index (χ0) is 19.3. The van der Waals surface area contributed by atoms with Crippen LogP contribution in [0.4, 0.5) is 5.69 Å². The first kappa shape index (κ1) is 19.9. The third kappa shape index (κ3) is 5.10. The van der Waals surface area contributed by atoms with Crippen molar-refractivity contribution in [3.63, 3.8) is 0 Å². The second-order valence-electron chi connectivity index (χ2n) is 6.29. The lowest BCUT2D eigenvalue weighted by Gasteiger charge is -2.34. The maximum Gasteiger partial charge on any atom is 0.282 e. The number of hydrogen-bond donors (Lipinski definition) is 1. The molecule has 1 aliphatic heterocycles. The van der Waals surface area contributed by atoms with Crippen molar-refractivity contribution in [2.24, 2.45) is 0 Å². The van der Waals surface area contributed by atoms with Crippen LogP contribution < -0.4 is 5.32 Å². The minimum atomic E-state index is -3.66. The van der Waals surface area contributed by atoms with Gasteiger partial charge in [0.05, 0.1) is 6.54 Å². The lowest BCUT2D eigenvalue weighted by molar-refractivity contribution is -0.116. The van der Waals surface area contributed by atoms with Gasteiger partial charge in [0.1, 0.15) is 0 Å². The zero-order valence-corrected chi connectivity index (χ0v) is 16.8. The molecule has 2 aromatic carbocycles. The van der Waals surface area contributed by atoms with E-state index in [0.29, 0.717) is 31.7 Å². The SMILES string of the molecule is CSc1cccc(NC(=O)CN2CCCN(Cc3ccccc3)S2(=O)=O)c1. The number of amides is 1. The maximum absolute atomic E-state index is 12.9. The van der Waals surface area contributed by atoms with Crippen LogP contribution in [-0.4, -0.2) is 48.8 Å². The van der Waals surface area contributed by atoms with Gasteiger partial charge in [0.25, 0.3) is 10.2 Å². The van der Waals surface area contributed by atoms with Gasteiger partial charge in [-0.25, -0.2) is 0 Å². The molecule has 27 heavy (non-hydrogen) atoms. The van der Waals surface area contributed by atoms with Crippen molar-refractivity contribution < 1.29 is 13.2 Å². The highest BCUT2D eigenvalue weighted by atomic mass is 32.2. The van der Waals surface area contributed by atoms with E-state index < -0.39 is 10.2 Å². The van der Waals surface area contributed by atoms with Gasteiger partial charge in [0, 0.05) is 30.2 Å². The number of hydrogen-bond acceptors (Lipinski definition) is 4. The second-order valence-corrected chi connectivity index (χ2v) is 9.10. The Morgan fingerprint density at radius 2 is 1.81 bits per heavy atom.